The largest absolute Gasteiger partial charge is 0.480 e. The number of carbonyl (C=O) groups excluding carboxylic acids is 1. The third-order valence-corrected chi connectivity index (χ3v) is 6.46. The third kappa shape index (κ3) is 5.22. The van der Waals surface area contributed by atoms with Crippen molar-refractivity contribution in [3.63, 3.8) is 0 Å². The Labute approximate surface area is 185 Å². The second-order valence-electron chi connectivity index (χ2n) is 8.52. The minimum atomic E-state index is -0.820. The number of anilines is 1. The SMILES string of the molecule is CC1C(N2CCN(CC(=O)O)CC2)OC(=O)N1CCCN1CCN(c2noc(=O)[nH]2)CC1. The molecule has 4 rings (SSSR count). The molecule has 0 saturated carbocycles. The number of hydrogen-bond acceptors (Lipinski definition) is 10. The molecule has 3 aliphatic heterocycles. The summed E-state index contributed by atoms with van der Waals surface area (Å²) in [6, 6.07) is -0.0469. The molecule has 0 bridgehead atoms. The number of nitrogens with one attached hydrogen (secondary N) is 1. The molecule has 1 aromatic heterocycles. The van der Waals surface area contributed by atoms with Crippen LogP contribution >= 0.6 is 0 Å². The molecular formula is C19H31N7O6. The van der Waals surface area contributed by atoms with E-state index in [0.29, 0.717) is 38.7 Å². The second-order valence-corrected chi connectivity index (χ2v) is 8.52. The van der Waals surface area contributed by atoms with E-state index in [9.17, 15) is 14.4 Å². The van der Waals surface area contributed by atoms with Crippen molar-refractivity contribution in [2.75, 3.05) is 76.9 Å². The molecule has 0 spiro atoms. The molecular weight excluding hydrogens is 422 g/mol. The van der Waals surface area contributed by atoms with Gasteiger partial charge in [-0.25, -0.2) is 9.59 Å². The van der Waals surface area contributed by atoms with Crippen LogP contribution < -0.4 is 10.7 Å². The molecule has 0 aliphatic carbocycles. The monoisotopic (exact) mass is 453 g/mol. The zero-order valence-electron chi connectivity index (χ0n) is 18.3. The normalized spacial score (nSPS) is 26.0. The number of carboxylic acid groups (broad SMARTS) is 1. The van der Waals surface area contributed by atoms with Crippen LogP contribution in [0.3, 0.4) is 0 Å². The summed E-state index contributed by atoms with van der Waals surface area (Å²) in [7, 11) is 0. The number of carbonyl (C=O) groups is 2. The van der Waals surface area contributed by atoms with E-state index in [0.717, 1.165) is 39.1 Å². The summed E-state index contributed by atoms with van der Waals surface area (Å²) in [5.74, 6) is -0.896. The molecule has 13 heteroatoms. The number of ether oxygens (including phenoxy) is 1. The molecule has 2 N–H and O–H groups in total. The van der Waals surface area contributed by atoms with Crippen LogP contribution in [0.25, 0.3) is 0 Å². The van der Waals surface area contributed by atoms with E-state index in [4.69, 9.17) is 9.84 Å². The number of aromatic nitrogens is 2. The number of amides is 1. The highest BCUT2D eigenvalue weighted by molar-refractivity contribution is 5.70. The minimum absolute atomic E-state index is 0.0464. The topological polar surface area (TPSA) is 139 Å². The van der Waals surface area contributed by atoms with Crippen LogP contribution in [0.1, 0.15) is 13.3 Å². The Balaban J connectivity index is 1.18. The van der Waals surface area contributed by atoms with Gasteiger partial charge < -0.3 is 19.6 Å². The van der Waals surface area contributed by atoms with Gasteiger partial charge in [0.1, 0.15) is 0 Å². The molecule has 13 nitrogen and oxygen atoms in total. The summed E-state index contributed by atoms with van der Waals surface area (Å²) in [6.07, 6.45) is 0.275. The van der Waals surface area contributed by atoms with Crippen LogP contribution in [-0.4, -0.2) is 131 Å². The second kappa shape index (κ2) is 9.88. The lowest BCUT2D eigenvalue weighted by molar-refractivity contribution is -0.139. The van der Waals surface area contributed by atoms with E-state index >= 15 is 0 Å². The summed E-state index contributed by atoms with van der Waals surface area (Å²) < 4.78 is 10.2. The number of nitrogens with zero attached hydrogens (tertiary/aromatic N) is 6. The summed E-state index contributed by atoms with van der Waals surface area (Å²) in [6.45, 7) is 9.43. The van der Waals surface area contributed by atoms with Gasteiger partial charge >= 0.3 is 17.8 Å². The Hall–Kier alpha value is -2.64. The lowest BCUT2D eigenvalue weighted by Crippen LogP contribution is -2.54. The Morgan fingerprint density at radius 3 is 2.38 bits per heavy atom. The van der Waals surface area contributed by atoms with Gasteiger partial charge in [-0.2, -0.15) is 0 Å². The quantitative estimate of drug-likeness (QED) is 0.488. The fraction of sp³-hybridized carbons (Fsp3) is 0.789. The van der Waals surface area contributed by atoms with Crippen molar-refractivity contribution in [2.24, 2.45) is 0 Å². The van der Waals surface area contributed by atoms with Gasteiger partial charge in [0, 0.05) is 58.9 Å². The molecule has 1 aromatic rings. The van der Waals surface area contributed by atoms with E-state index in [2.05, 4.69) is 24.5 Å². The van der Waals surface area contributed by atoms with Crippen molar-refractivity contribution < 1.29 is 24.0 Å². The molecule has 32 heavy (non-hydrogen) atoms. The maximum atomic E-state index is 12.5. The number of piperazine rings is 2. The minimum Gasteiger partial charge on any atom is -0.480 e. The van der Waals surface area contributed by atoms with Gasteiger partial charge in [-0.1, -0.05) is 0 Å². The van der Waals surface area contributed by atoms with Crippen molar-refractivity contribution in [3.05, 3.63) is 10.6 Å². The zero-order valence-corrected chi connectivity index (χ0v) is 18.3. The lowest BCUT2D eigenvalue weighted by atomic mass is 10.2. The van der Waals surface area contributed by atoms with E-state index in [1.165, 1.54) is 0 Å². The standard InChI is InChI=1S/C19H31N7O6/c1-14-16(24-9-7-23(8-10-24)13-15(27)28)31-19(30)26(14)4-2-3-22-5-11-25(12-6-22)17-20-18(29)32-21-17/h14,16H,2-13H2,1H3,(H,27,28)(H,20,21,29). The average molecular weight is 454 g/mol. The van der Waals surface area contributed by atoms with E-state index < -0.39 is 11.7 Å². The van der Waals surface area contributed by atoms with Crippen LogP contribution in [0.15, 0.2) is 9.32 Å². The van der Waals surface area contributed by atoms with Gasteiger partial charge in [0.25, 0.3) is 0 Å². The summed E-state index contributed by atoms with van der Waals surface area (Å²) in [5.41, 5.74) is 0. The van der Waals surface area contributed by atoms with Crippen molar-refractivity contribution >= 4 is 18.0 Å². The highest BCUT2D eigenvalue weighted by Gasteiger charge is 2.42. The predicted octanol–water partition coefficient (Wildman–Crippen LogP) is -1.26. The van der Waals surface area contributed by atoms with Crippen molar-refractivity contribution in [2.45, 2.75) is 25.6 Å². The molecule has 0 aromatic carbocycles. The first-order valence-corrected chi connectivity index (χ1v) is 11.1. The molecule has 178 valence electrons. The Morgan fingerprint density at radius 1 is 1.06 bits per heavy atom. The number of aliphatic carboxylic acids is 1. The van der Waals surface area contributed by atoms with Crippen molar-refractivity contribution in [1.82, 2.24) is 29.7 Å². The van der Waals surface area contributed by atoms with Crippen LogP contribution in [0.2, 0.25) is 0 Å². The van der Waals surface area contributed by atoms with Gasteiger partial charge in [0.2, 0.25) is 5.95 Å². The van der Waals surface area contributed by atoms with E-state index in [-0.39, 0.29) is 24.9 Å². The first kappa shape index (κ1) is 22.6. The number of carboxylic acids is 1. The first-order chi connectivity index (χ1) is 15.4. The Morgan fingerprint density at radius 2 is 1.75 bits per heavy atom. The van der Waals surface area contributed by atoms with Gasteiger partial charge in [-0.15, -0.1) is 0 Å². The molecule has 3 fully saturated rings. The summed E-state index contributed by atoms with van der Waals surface area (Å²) in [4.78, 5) is 47.2. The fourth-order valence-electron chi connectivity index (χ4n) is 4.64. The highest BCUT2D eigenvalue weighted by atomic mass is 16.6. The molecule has 1 amide bonds. The van der Waals surface area contributed by atoms with Gasteiger partial charge in [0.15, 0.2) is 6.23 Å². The summed E-state index contributed by atoms with van der Waals surface area (Å²) in [5, 5.41) is 12.7. The van der Waals surface area contributed by atoms with E-state index in [1.807, 2.05) is 16.7 Å². The van der Waals surface area contributed by atoms with Gasteiger partial charge in [0.05, 0.1) is 12.6 Å². The molecule has 3 saturated heterocycles. The van der Waals surface area contributed by atoms with Gasteiger partial charge in [-0.3, -0.25) is 29.0 Å². The van der Waals surface area contributed by atoms with E-state index in [1.54, 1.807) is 4.90 Å². The maximum Gasteiger partial charge on any atom is 0.440 e. The number of cyclic esters (lactones) is 1. The molecule has 2 atom stereocenters. The number of H-pyrrole nitrogens is 1. The van der Waals surface area contributed by atoms with Crippen LogP contribution in [0.5, 0.6) is 0 Å². The van der Waals surface area contributed by atoms with Crippen molar-refractivity contribution in [3.8, 4) is 0 Å². The molecule has 4 heterocycles. The van der Waals surface area contributed by atoms with Crippen LogP contribution in [0.4, 0.5) is 10.7 Å². The first-order valence-electron chi connectivity index (χ1n) is 11.1. The van der Waals surface area contributed by atoms with Crippen molar-refractivity contribution in [1.29, 1.82) is 0 Å². The average Bonchev–Trinajstić information content (AvgIpc) is 3.32. The lowest BCUT2D eigenvalue weighted by Gasteiger charge is -2.37. The fourth-order valence-corrected chi connectivity index (χ4v) is 4.64. The maximum absolute atomic E-state index is 12.5. The highest BCUT2D eigenvalue weighted by Crippen LogP contribution is 2.24. The van der Waals surface area contributed by atoms with Gasteiger partial charge in [-0.05, 0) is 25.0 Å². The zero-order chi connectivity index (χ0) is 22.7. The number of hydrogen-bond donors (Lipinski definition) is 2. The Bertz CT molecular complexity index is 843. The Kier molecular flexibility index (Phi) is 6.96. The molecule has 3 aliphatic rings. The molecule has 0 radical (unpaired) electrons. The van der Waals surface area contributed by atoms with Crippen LogP contribution in [-0.2, 0) is 9.53 Å². The smallest absolute Gasteiger partial charge is 0.440 e. The predicted molar refractivity (Wildman–Crippen MR) is 112 cm³/mol. The molecule has 2 unspecified atom stereocenters. The summed E-state index contributed by atoms with van der Waals surface area (Å²) >= 11 is 0. The van der Waals surface area contributed by atoms with Crippen LogP contribution in [0, 0.1) is 0 Å². The number of rotatable bonds is 8. The third-order valence-electron chi connectivity index (χ3n) is 6.46. The number of aromatic amines is 1.